The third-order valence-electron chi connectivity index (χ3n) is 7.51. The molecule has 0 aliphatic carbocycles. The Kier molecular flexibility index (Phi) is 10.7. The van der Waals surface area contributed by atoms with Gasteiger partial charge in [-0.25, -0.2) is 22.7 Å². The molecule has 48 heavy (non-hydrogen) atoms. The molecule has 0 heterocycles. The predicted octanol–water partition coefficient (Wildman–Crippen LogP) is 6.82. The molecule has 0 aliphatic rings. The van der Waals surface area contributed by atoms with Gasteiger partial charge in [-0.15, -0.1) is 0 Å². The second-order valence-corrected chi connectivity index (χ2v) is 13.9. The van der Waals surface area contributed by atoms with Gasteiger partial charge >= 0.3 is 6.18 Å². The zero-order valence-corrected chi connectivity index (χ0v) is 26.9. The Morgan fingerprint density at radius 3 is 2.00 bits per heavy atom. The number of carbonyl (C=O) groups is 2. The largest absolute Gasteiger partial charge is 0.416 e. The first-order valence-electron chi connectivity index (χ1n) is 14.5. The number of alkyl halides is 3. The molecule has 4 aromatic carbocycles. The number of rotatable bonds is 10. The van der Waals surface area contributed by atoms with Crippen molar-refractivity contribution in [1.82, 2.24) is 9.79 Å². The summed E-state index contributed by atoms with van der Waals surface area (Å²) in [5.74, 6) is -4.57. The van der Waals surface area contributed by atoms with Gasteiger partial charge < -0.3 is 4.90 Å². The summed E-state index contributed by atoms with van der Waals surface area (Å²) in [7, 11) is -4.90. The van der Waals surface area contributed by atoms with Gasteiger partial charge in [0.05, 0.1) is 23.5 Å². The van der Waals surface area contributed by atoms with Crippen molar-refractivity contribution in [2.45, 2.75) is 50.3 Å². The number of hydrogen-bond donors (Lipinski definition) is 2. The SMILES string of the molecule is CC(C)(C)c1ccc(CN(C(=O)CN(Cc2ccccc2C(F)(F)F)S(=O)(=O)c2ccc(F)c(F)c2)c2ccc(C(=O)NO)cc2)cc1. The maximum atomic E-state index is 14.2. The Morgan fingerprint density at radius 2 is 1.44 bits per heavy atom. The van der Waals surface area contributed by atoms with Crippen molar-refractivity contribution in [1.29, 1.82) is 0 Å². The lowest BCUT2D eigenvalue weighted by Crippen LogP contribution is -2.42. The van der Waals surface area contributed by atoms with Crippen LogP contribution in [0.4, 0.5) is 27.6 Å². The van der Waals surface area contributed by atoms with E-state index in [0.29, 0.717) is 22.0 Å². The van der Waals surface area contributed by atoms with Crippen LogP contribution >= 0.6 is 0 Å². The van der Waals surface area contributed by atoms with Gasteiger partial charge in [-0.05, 0) is 70.6 Å². The molecular formula is C34H32F5N3O5S. The van der Waals surface area contributed by atoms with Gasteiger partial charge in [-0.1, -0.05) is 63.2 Å². The lowest BCUT2D eigenvalue weighted by atomic mass is 9.87. The minimum absolute atomic E-state index is 0.0366. The second-order valence-electron chi connectivity index (χ2n) is 11.9. The minimum atomic E-state index is -4.90. The number of amides is 2. The van der Waals surface area contributed by atoms with Gasteiger partial charge in [0.1, 0.15) is 0 Å². The number of benzene rings is 4. The summed E-state index contributed by atoms with van der Waals surface area (Å²) in [4.78, 5) is 26.4. The van der Waals surface area contributed by atoms with Gasteiger partial charge in [0, 0.05) is 17.8 Å². The summed E-state index contributed by atoms with van der Waals surface area (Å²) >= 11 is 0. The number of halogens is 5. The molecule has 14 heteroatoms. The smallest absolute Gasteiger partial charge is 0.307 e. The predicted molar refractivity (Wildman–Crippen MR) is 167 cm³/mol. The molecule has 0 radical (unpaired) electrons. The molecule has 0 unspecified atom stereocenters. The van der Waals surface area contributed by atoms with Crippen LogP contribution in [0.1, 0.15) is 53.4 Å². The minimum Gasteiger partial charge on any atom is -0.307 e. The molecule has 0 aliphatic heterocycles. The fourth-order valence-corrected chi connectivity index (χ4v) is 6.23. The van der Waals surface area contributed by atoms with E-state index in [-0.39, 0.29) is 23.2 Å². The molecule has 2 amide bonds. The molecule has 4 aromatic rings. The number of hydrogen-bond acceptors (Lipinski definition) is 5. The van der Waals surface area contributed by atoms with Crippen LogP contribution < -0.4 is 10.4 Å². The van der Waals surface area contributed by atoms with Crippen LogP contribution in [0, 0.1) is 11.6 Å². The van der Waals surface area contributed by atoms with E-state index in [9.17, 15) is 40.0 Å². The molecular weight excluding hydrogens is 657 g/mol. The zero-order valence-electron chi connectivity index (χ0n) is 26.1. The molecule has 4 rings (SSSR count). The molecule has 0 atom stereocenters. The Morgan fingerprint density at radius 1 is 0.812 bits per heavy atom. The van der Waals surface area contributed by atoms with Crippen molar-refractivity contribution < 1.29 is 45.2 Å². The van der Waals surface area contributed by atoms with Crippen LogP contribution in [0.3, 0.4) is 0 Å². The first-order valence-corrected chi connectivity index (χ1v) is 15.9. The summed E-state index contributed by atoms with van der Waals surface area (Å²) in [6, 6.07) is 18.5. The summed E-state index contributed by atoms with van der Waals surface area (Å²) in [6.45, 7) is 3.98. The van der Waals surface area contributed by atoms with Crippen molar-refractivity contribution in [3.05, 3.63) is 130 Å². The zero-order chi connectivity index (χ0) is 35.4. The van der Waals surface area contributed by atoms with Crippen LogP contribution in [-0.2, 0) is 39.5 Å². The highest BCUT2D eigenvalue weighted by Crippen LogP contribution is 2.33. The molecule has 2 N–H and O–H groups in total. The molecule has 8 nitrogen and oxygen atoms in total. The fraction of sp³-hybridized carbons (Fsp3) is 0.235. The standard InChI is InChI=1S/C34H32F5N3O5S/c1-33(2,3)25-12-8-22(9-13-25)19-42(26-14-10-23(11-15-26)32(44)40-45)31(43)21-41(20-24-6-4-5-7-28(24)34(37,38)39)48(46,47)27-16-17-29(35)30(36)18-27/h4-18,45H,19-21H2,1-3H3,(H,40,44). The van der Waals surface area contributed by atoms with Crippen molar-refractivity contribution in [3.8, 4) is 0 Å². The molecule has 254 valence electrons. The summed E-state index contributed by atoms with van der Waals surface area (Å²) in [6.07, 6.45) is -4.87. The van der Waals surface area contributed by atoms with E-state index >= 15 is 0 Å². The normalized spacial score (nSPS) is 12.2. The van der Waals surface area contributed by atoms with E-state index < -0.39 is 68.8 Å². The van der Waals surface area contributed by atoms with Gasteiger partial charge in [0.15, 0.2) is 11.6 Å². The van der Waals surface area contributed by atoms with E-state index in [1.165, 1.54) is 40.7 Å². The molecule has 0 saturated heterocycles. The Balaban J connectivity index is 1.79. The topological polar surface area (TPSA) is 107 Å². The van der Waals surface area contributed by atoms with Gasteiger partial charge in [0.2, 0.25) is 15.9 Å². The fourth-order valence-electron chi connectivity index (χ4n) is 4.85. The van der Waals surface area contributed by atoms with Crippen LogP contribution in [0.15, 0.2) is 95.9 Å². The van der Waals surface area contributed by atoms with Crippen LogP contribution in [0.25, 0.3) is 0 Å². The number of sulfonamides is 1. The molecule has 0 fully saturated rings. The van der Waals surface area contributed by atoms with E-state index in [2.05, 4.69) is 0 Å². The maximum absolute atomic E-state index is 14.2. The maximum Gasteiger partial charge on any atom is 0.416 e. The Labute approximate surface area is 274 Å². The lowest BCUT2D eigenvalue weighted by molar-refractivity contribution is -0.138. The summed E-state index contributed by atoms with van der Waals surface area (Å²) in [5.41, 5.74) is 1.53. The highest BCUT2D eigenvalue weighted by Gasteiger charge is 2.36. The van der Waals surface area contributed by atoms with Crippen LogP contribution in [0.5, 0.6) is 0 Å². The van der Waals surface area contributed by atoms with Crippen molar-refractivity contribution in [2.24, 2.45) is 0 Å². The Bertz CT molecular complexity index is 1890. The number of nitrogens with zero attached hydrogens (tertiary/aromatic N) is 2. The molecule has 0 spiro atoms. The highest BCUT2D eigenvalue weighted by molar-refractivity contribution is 7.89. The van der Waals surface area contributed by atoms with Crippen molar-refractivity contribution in [2.75, 3.05) is 11.4 Å². The second kappa shape index (κ2) is 14.2. The Hall–Kier alpha value is -4.66. The van der Waals surface area contributed by atoms with E-state index in [4.69, 9.17) is 5.21 Å². The van der Waals surface area contributed by atoms with E-state index in [1.54, 1.807) is 12.1 Å². The highest BCUT2D eigenvalue weighted by atomic mass is 32.2. The summed E-state index contributed by atoms with van der Waals surface area (Å²) < 4.78 is 97.7. The number of carbonyl (C=O) groups excluding carboxylic acids is 2. The third kappa shape index (κ3) is 8.43. The quantitative estimate of drug-likeness (QED) is 0.108. The van der Waals surface area contributed by atoms with E-state index in [0.717, 1.165) is 29.8 Å². The molecule has 0 saturated carbocycles. The summed E-state index contributed by atoms with van der Waals surface area (Å²) in [5, 5.41) is 8.98. The average Bonchev–Trinajstić information content (AvgIpc) is 3.03. The third-order valence-corrected chi connectivity index (χ3v) is 9.30. The van der Waals surface area contributed by atoms with Gasteiger partial charge in [-0.3, -0.25) is 14.8 Å². The monoisotopic (exact) mass is 689 g/mol. The molecule has 0 aromatic heterocycles. The first kappa shape index (κ1) is 36.2. The van der Waals surface area contributed by atoms with Crippen LogP contribution in [0.2, 0.25) is 0 Å². The number of hydroxylamine groups is 1. The van der Waals surface area contributed by atoms with Crippen LogP contribution in [-0.4, -0.2) is 36.3 Å². The van der Waals surface area contributed by atoms with Crippen molar-refractivity contribution in [3.63, 3.8) is 0 Å². The lowest BCUT2D eigenvalue weighted by Gasteiger charge is -2.28. The molecule has 0 bridgehead atoms. The van der Waals surface area contributed by atoms with E-state index in [1.807, 2.05) is 32.9 Å². The van der Waals surface area contributed by atoms with Gasteiger partial charge in [-0.2, -0.15) is 17.5 Å². The first-order chi connectivity index (χ1) is 22.4. The number of anilines is 1. The van der Waals surface area contributed by atoms with Crippen molar-refractivity contribution >= 4 is 27.5 Å². The number of nitrogens with one attached hydrogen (secondary N) is 1. The average molecular weight is 690 g/mol. The van der Waals surface area contributed by atoms with Gasteiger partial charge in [0.25, 0.3) is 5.91 Å².